The summed E-state index contributed by atoms with van der Waals surface area (Å²) in [5, 5.41) is 0.478. The van der Waals surface area contributed by atoms with Crippen molar-refractivity contribution in [3.63, 3.8) is 0 Å². The number of rotatable bonds is 9. The molecule has 0 aliphatic carbocycles. The fraction of sp³-hybridized carbons (Fsp3) is 0.367. The predicted octanol–water partition coefficient (Wildman–Crippen LogP) is 5.75. The highest BCUT2D eigenvalue weighted by molar-refractivity contribution is 7.07. The number of thiazole rings is 1. The summed E-state index contributed by atoms with van der Waals surface area (Å²) in [5.74, 6) is 0.522. The SMILES string of the molecule is CCCC1=C(C(=O)OCC)[C@H](c2ccc(C(C)C)cc2)n2c(s/c(=C\c3ccc(OCC)c(Cl)c3)c2=O)=N1. The second-order valence-corrected chi connectivity index (χ2v) is 10.8. The molecule has 0 bridgehead atoms. The van der Waals surface area contributed by atoms with Gasteiger partial charge in [0, 0.05) is 0 Å². The van der Waals surface area contributed by atoms with Crippen LogP contribution in [0, 0.1) is 0 Å². The van der Waals surface area contributed by atoms with Crippen molar-refractivity contribution in [2.24, 2.45) is 4.99 Å². The summed E-state index contributed by atoms with van der Waals surface area (Å²) in [6.45, 7) is 10.7. The number of esters is 1. The lowest BCUT2D eigenvalue weighted by atomic mass is 9.92. The molecule has 1 aromatic heterocycles. The van der Waals surface area contributed by atoms with Gasteiger partial charge in [0.15, 0.2) is 4.80 Å². The molecule has 3 aromatic rings. The molecule has 2 heterocycles. The molecule has 38 heavy (non-hydrogen) atoms. The fourth-order valence-electron chi connectivity index (χ4n) is 4.53. The van der Waals surface area contributed by atoms with Gasteiger partial charge >= 0.3 is 5.97 Å². The molecule has 0 saturated carbocycles. The van der Waals surface area contributed by atoms with E-state index in [1.165, 1.54) is 16.9 Å². The maximum atomic E-state index is 13.9. The van der Waals surface area contributed by atoms with Crippen molar-refractivity contribution in [3.05, 3.63) is 95.1 Å². The summed E-state index contributed by atoms with van der Waals surface area (Å²) in [6.07, 6.45) is 3.21. The average Bonchev–Trinajstić information content (AvgIpc) is 3.19. The van der Waals surface area contributed by atoms with E-state index in [2.05, 4.69) is 26.0 Å². The minimum atomic E-state index is -0.626. The van der Waals surface area contributed by atoms with Crippen LogP contribution in [-0.2, 0) is 9.53 Å². The Kier molecular flexibility index (Phi) is 8.90. The van der Waals surface area contributed by atoms with Crippen molar-refractivity contribution < 1.29 is 14.3 Å². The van der Waals surface area contributed by atoms with Gasteiger partial charge in [-0.3, -0.25) is 9.36 Å². The van der Waals surface area contributed by atoms with Gasteiger partial charge in [0.2, 0.25) is 0 Å². The lowest BCUT2D eigenvalue weighted by Crippen LogP contribution is -2.40. The Morgan fingerprint density at radius 2 is 1.87 bits per heavy atom. The number of halogens is 1. The first kappa shape index (κ1) is 27.9. The normalized spacial score (nSPS) is 15.4. The molecule has 0 spiro atoms. The Morgan fingerprint density at radius 1 is 1.13 bits per heavy atom. The summed E-state index contributed by atoms with van der Waals surface area (Å²) in [4.78, 5) is 32.5. The Morgan fingerprint density at radius 3 is 2.47 bits per heavy atom. The van der Waals surface area contributed by atoms with E-state index in [4.69, 9.17) is 26.1 Å². The molecule has 6 nitrogen and oxygen atoms in total. The van der Waals surface area contributed by atoms with Crippen LogP contribution >= 0.6 is 22.9 Å². The van der Waals surface area contributed by atoms with E-state index in [1.807, 2.05) is 32.0 Å². The summed E-state index contributed by atoms with van der Waals surface area (Å²) in [6, 6.07) is 12.9. The van der Waals surface area contributed by atoms with Crippen LogP contribution in [0.3, 0.4) is 0 Å². The third-order valence-corrected chi connectivity index (χ3v) is 7.64. The quantitative estimate of drug-likeness (QED) is 0.317. The monoisotopic (exact) mass is 552 g/mol. The molecule has 0 radical (unpaired) electrons. The van der Waals surface area contributed by atoms with Gasteiger partial charge in [-0.1, -0.05) is 80.5 Å². The second-order valence-electron chi connectivity index (χ2n) is 9.36. The molecule has 4 rings (SSSR count). The smallest absolute Gasteiger partial charge is 0.338 e. The van der Waals surface area contributed by atoms with E-state index in [0.717, 1.165) is 17.5 Å². The van der Waals surface area contributed by atoms with Crippen LogP contribution in [0.2, 0.25) is 5.02 Å². The zero-order valence-electron chi connectivity index (χ0n) is 22.4. The van der Waals surface area contributed by atoms with Crippen molar-refractivity contribution >= 4 is 35.0 Å². The van der Waals surface area contributed by atoms with E-state index in [-0.39, 0.29) is 12.2 Å². The maximum absolute atomic E-state index is 13.9. The van der Waals surface area contributed by atoms with Crippen LogP contribution in [-0.4, -0.2) is 23.8 Å². The third kappa shape index (κ3) is 5.64. The van der Waals surface area contributed by atoms with Crippen LogP contribution in [0.25, 0.3) is 6.08 Å². The number of aromatic nitrogens is 1. The van der Waals surface area contributed by atoms with Gasteiger partial charge in [-0.25, -0.2) is 9.79 Å². The molecule has 200 valence electrons. The summed E-state index contributed by atoms with van der Waals surface area (Å²) < 4.78 is 13.1. The molecule has 0 amide bonds. The van der Waals surface area contributed by atoms with Gasteiger partial charge in [0.25, 0.3) is 5.56 Å². The number of carbonyl (C=O) groups excluding carboxylic acids is 1. The zero-order chi connectivity index (χ0) is 27.4. The van der Waals surface area contributed by atoms with Crippen molar-refractivity contribution in [1.29, 1.82) is 0 Å². The molecule has 0 unspecified atom stereocenters. The van der Waals surface area contributed by atoms with Crippen molar-refractivity contribution in [1.82, 2.24) is 4.57 Å². The van der Waals surface area contributed by atoms with Gasteiger partial charge in [0.1, 0.15) is 5.75 Å². The van der Waals surface area contributed by atoms with Crippen LogP contribution in [0.1, 0.15) is 76.1 Å². The topological polar surface area (TPSA) is 69.9 Å². The molecule has 0 fully saturated rings. The van der Waals surface area contributed by atoms with E-state index in [9.17, 15) is 9.59 Å². The molecular formula is C30H33ClN2O4S. The lowest BCUT2D eigenvalue weighted by Gasteiger charge is -2.26. The van der Waals surface area contributed by atoms with Crippen molar-refractivity contribution in [3.8, 4) is 5.75 Å². The fourth-order valence-corrected chi connectivity index (χ4v) is 5.79. The molecule has 0 N–H and O–H groups in total. The first-order valence-electron chi connectivity index (χ1n) is 13.0. The standard InChI is InChI=1S/C30H33ClN2O4S/c1-6-9-23-26(29(35)37-8-3)27(21-13-11-20(12-14-21)18(4)5)33-28(34)25(38-30(33)32-23)17-19-10-15-24(36-7-2)22(31)16-19/h10-18,27H,6-9H2,1-5H3/b25-17-/t27-/m0/s1. The third-order valence-electron chi connectivity index (χ3n) is 6.36. The van der Waals surface area contributed by atoms with E-state index >= 15 is 0 Å². The number of hydrogen-bond acceptors (Lipinski definition) is 6. The Balaban J connectivity index is 1.93. The highest BCUT2D eigenvalue weighted by atomic mass is 35.5. The van der Waals surface area contributed by atoms with E-state index in [1.54, 1.807) is 29.7 Å². The van der Waals surface area contributed by atoms with Crippen LogP contribution in [0.5, 0.6) is 5.75 Å². The number of allylic oxidation sites excluding steroid dienone is 1. The van der Waals surface area contributed by atoms with Gasteiger partial charge in [-0.2, -0.15) is 0 Å². The average molecular weight is 553 g/mol. The molecule has 1 atom stereocenters. The number of carbonyl (C=O) groups is 1. The van der Waals surface area contributed by atoms with E-state index in [0.29, 0.717) is 50.3 Å². The largest absolute Gasteiger partial charge is 0.492 e. The van der Waals surface area contributed by atoms with Gasteiger partial charge in [-0.15, -0.1) is 0 Å². The molecule has 8 heteroatoms. The number of nitrogens with zero attached hydrogens (tertiary/aromatic N) is 2. The number of fused-ring (bicyclic) bond motifs is 1. The van der Waals surface area contributed by atoms with Crippen LogP contribution < -0.4 is 19.6 Å². The van der Waals surface area contributed by atoms with Gasteiger partial charge in [-0.05, 0) is 61.1 Å². The first-order chi connectivity index (χ1) is 18.3. The summed E-state index contributed by atoms with van der Waals surface area (Å²) in [5.41, 5.74) is 3.69. The van der Waals surface area contributed by atoms with Crippen molar-refractivity contribution in [2.45, 2.75) is 59.4 Å². The molecule has 0 saturated heterocycles. The molecule has 2 aromatic carbocycles. The minimum Gasteiger partial charge on any atom is -0.492 e. The number of hydrogen-bond donors (Lipinski definition) is 0. The summed E-state index contributed by atoms with van der Waals surface area (Å²) >= 11 is 7.70. The number of benzene rings is 2. The highest BCUT2D eigenvalue weighted by Crippen LogP contribution is 2.33. The number of ether oxygens (including phenoxy) is 2. The van der Waals surface area contributed by atoms with Gasteiger partial charge < -0.3 is 9.47 Å². The Bertz CT molecular complexity index is 1530. The van der Waals surface area contributed by atoms with Crippen LogP contribution in [0.15, 0.2) is 63.5 Å². The van der Waals surface area contributed by atoms with Crippen LogP contribution in [0.4, 0.5) is 0 Å². The predicted molar refractivity (Wildman–Crippen MR) is 153 cm³/mol. The molecular weight excluding hydrogens is 520 g/mol. The Hall–Kier alpha value is -3.16. The first-order valence-corrected chi connectivity index (χ1v) is 14.2. The minimum absolute atomic E-state index is 0.214. The maximum Gasteiger partial charge on any atom is 0.338 e. The highest BCUT2D eigenvalue weighted by Gasteiger charge is 2.34. The van der Waals surface area contributed by atoms with E-state index < -0.39 is 12.0 Å². The lowest BCUT2D eigenvalue weighted by molar-refractivity contribution is -0.139. The van der Waals surface area contributed by atoms with Crippen molar-refractivity contribution in [2.75, 3.05) is 13.2 Å². The van der Waals surface area contributed by atoms with Gasteiger partial charge in [0.05, 0.1) is 40.1 Å². The summed E-state index contributed by atoms with van der Waals surface area (Å²) in [7, 11) is 0. The Labute approximate surface area is 231 Å². The molecule has 1 aliphatic rings. The second kappa shape index (κ2) is 12.1. The molecule has 1 aliphatic heterocycles. The zero-order valence-corrected chi connectivity index (χ0v) is 24.0.